The first-order valence-electron chi connectivity index (χ1n) is 13.9. The van der Waals surface area contributed by atoms with Crippen molar-refractivity contribution in [3.63, 3.8) is 0 Å². The van der Waals surface area contributed by atoms with E-state index in [-0.39, 0.29) is 5.91 Å². The van der Waals surface area contributed by atoms with Crippen LogP contribution in [0.1, 0.15) is 122 Å². The molecule has 1 aromatic carbocycles. The van der Waals surface area contributed by atoms with E-state index >= 15 is 0 Å². The summed E-state index contributed by atoms with van der Waals surface area (Å²) >= 11 is 0. The third-order valence-corrected chi connectivity index (χ3v) is 6.60. The number of amides is 1. The maximum Gasteiger partial charge on any atom is 0.217 e. The zero-order valence-corrected chi connectivity index (χ0v) is 21.5. The Hall–Kier alpha value is -1.55. The molecule has 1 fully saturated rings. The third-order valence-electron chi connectivity index (χ3n) is 6.60. The predicted molar refractivity (Wildman–Crippen MR) is 142 cm³/mol. The fourth-order valence-electron chi connectivity index (χ4n) is 4.49. The molecule has 0 spiro atoms. The minimum Gasteiger partial charge on any atom is -0.508 e. The zero-order valence-electron chi connectivity index (χ0n) is 21.5. The maximum absolute atomic E-state index is 10.5. The number of aryl methyl sites for hydroxylation is 1. The highest BCUT2D eigenvalue weighted by Gasteiger charge is 2.10. The van der Waals surface area contributed by atoms with E-state index in [2.05, 4.69) is 11.8 Å². The molecular formula is C29H52N2O2. The van der Waals surface area contributed by atoms with E-state index in [9.17, 15) is 4.79 Å². The lowest BCUT2D eigenvalue weighted by Crippen LogP contribution is -2.20. The van der Waals surface area contributed by atoms with Crippen LogP contribution in [0, 0.1) is 0 Å². The summed E-state index contributed by atoms with van der Waals surface area (Å²) in [4.78, 5) is 13.1. The van der Waals surface area contributed by atoms with Gasteiger partial charge in [-0.2, -0.15) is 0 Å². The van der Waals surface area contributed by atoms with E-state index in [4.69, 9.17) is 10.8 Å². The first kappa shape index (κ1) is 29.5. The third kappa shape index (κ3) is 18.6. The number of nitrogens with two attached hydrogens (primary N) is 1. The number of unbranched alkanes of at least 4 members (excludes halogenated alkanes) is 12. The molecule has 0 aromatic heterocycles. The molecule has 0 saturated carbocycles. The van der Waals surface area contributed by atoms with Gasteiger partial charge in [-0.1, -0.05) is 96.1 Å². The van der Waals surface area contributed by atoms with Gasteiger partial charge in [-0.15, -0.1) is 0 Å². The Morgan fingerprint density at radius 1 is 0.788 bits per heavy atom. The molecule has 0 radical (unpaired) electrons. The topological polar surface area (TPSA) is 66.6 Å². The van der Waals surface area contributed by atoms with Crippen molar-refractivity contribution in [2.24, 2.45) is 5.73 Å². The Bertz CT molecular complexity index is 567. The molecule has 1 aromatic rings. The summed E-state index contributed by atoms with van der Waals surface area (Å²) < 4.78 is 0. The average Bonchev–Trinajstić information content (AvgIpc) is 3.32. The second kappa shape index (κ2) is 21.0. The number of phenols is 1. The molecule has 4 nitrogen and oxygen atoms in total. The van der Waals surface area contributed by atoms with E-state index < -0.39 is 0 Å². The van der Waals surface area contributed by atoms with Crippen LogP contribution < -0.4 is 5.73 Å². The second-order valence-electron chi connectivity index (χ2n) is 9.78. The SMILES string of the molecule is CCCCCCCCCCCCCCCC(N)=O.Oc1ccc(CCCN2CCCC2)cc1. The van der Waals surface area contributed by atoms with E-state index in [1.165, 1.54) is 122 Å². The van der Waals surface area contributed by atoms with Gasteiger partial charge < -0.3 is 15.7 Å². The van der Waals surface area contributed by atoms with Crippen LogP contribution in [0.15, 0.2) is 24.3 Å². The zero-order chi connectivity index (χ0) is 24.0. The molecule has 0 atom stereocenters. The summed E-state index contributed by atoms with van der Waals surface area (Å²) in [5.41, 5.74) is 6.42. The van der Waals surface area contributed by atoms with Crippen LogP contribution in [0.5, 0.6) is 5.75 Å². The van der Waals surface area contributed by atoms with Crippen molar-refractivity contribution in [2.75, 3.05) is 19.6 Å². The molecule has 1 aliphatic rings. The van der Waals surface area contributed by atoms with Gasteiger partial charge in [0, 0.05) is 6.42 Å². The highest BCUT2D eigenvalue weighted by molar-refractivity contribution is 5.73. The van der Waals surface area contributed by atoms with Crippen LogP contribution in [0.2, 0.25) is 0 Å². The van der Waals surface area contributed by atoms with E-state index in [0.717, 1.165) is 12.8 Å². The highest BCUT2D eigenvalue weighted by atomic mass is 16.3. The molecule has 33 heavy (non-hydrogen) atoms. The van der Waals surface area contributed by atoms with Crippen LogP contribution in [0.4, 0.5) is 0 Å². The molecule has 1 amide bonds. The average molecular weight is 461 g/mol. The van der Waals surface area contributed by atoms with Crippen molar-refractivity contribution in [1.82, 2.24) is 4.90 Å². The molecule has 1 aliphatic heterocycles. The number of hydrogen-bond acceptors (Lipinski definition) is 3. The Labute approximate surface area is 204 Å². The Morgan fingerprint density at radius 3 is 1.76 bits per heavy atom. The number of carbonyl (C=O) groups is 1. The summed E-state index contributed by atoms with van der Waals surface area (Å²) in [5.74, 6) is 0.205. The van der Waals surface area contributed by atoms with Crippen molar-refractivity contribution in [3.05, 3.63) is 29.8 Å². The summed E-state index contributed by atoms with van der Waals surface area (Å²) in [6.45, 7) is 6.06. The summed E-state index contributed by atoms with van der Waals surface area (Å²) in [5, 5.41) is 9.15. The fraction of sp³-hybridized carbons (Fsp3) is 0.759. The van der Waals surface area contributed by atoms with Crippen molar-refractivity contribution in [3.8, 4) is 5.75 Å². The molecule has 0 bridgehead atoms. The van der Waals surface area contributed by atoms with Crippen molar-refractivity contribution in [2.45, 2.75) is 122 Å². The molecule has 0 aliphatic carbocycles. The first-order valence-corrected chi connectivity index (χ1v) is 13.9. The highest BCUT2D eigenvalue weighted by Crippen LogP contribution is 2.14. The molecule has 0 unspecified atom stereocenters. The van der Waals surface area contributed by atoms with E-state index in [0.29, 0.717) is 12.2 Å². The van der Waals surface area contributed by atoms with Gasteiger partial charge in [0.25, 0.3) is 0 Å². The van der Waals surface area contributed by atoms with Crippen LogP contribution in [-0.2, 0) is 11.2 Å². The quantitative estimate of drug-likeness (QED) is 0.225. The van der Waals surface area contributed by atoms with Gasteiger partial charge in [0.2, 0.25) is 5.91 Å². The summed E-state index contributed by atoms with van der Waals surface area (Å²) in [7, 11) is 0. The molecule has 3 N–H and O–H groups in total. The van der Waals surface area contributed by atoms with Gasteiger partial charge in [0.1, 0.15) is 5.75 Å². The number of likely N-dealkylation sites (tertiary alicyclic amines) is 1. The molecular weight excluding hydrogens is 408 g/mol. The monoisotopic (exact) mass is 460 g/mol. The van der Waals surface area contributed by atoms with Crippen LogP contribution >= 0.6 is 0 Å². The van der Waals surface area contributed by atoms with Crippen molar-refractivity contribution >= 4 is 5.91 Å². The second-order valence-corrected chi connectivity index (χ2v) is 9.78. The lowest BCUT2D eigenvalue weighted by molar-refractivity contribution is -0.118. The Kier molecular flexibility index (Phi) is 18.8. The number of phenolic OH excluding ortho intramolecular Hbond substituents is 1. The summed E-state index contributed by atoms with van der Waals surface area (Å²) in [6.07, 6.45) is 23.0. The van der Waals surface area contributed by atoms with Gasteiger partial charge in [0.15, 0.2) is 0 Å². The fourth-order valence-corrected chi connectivity index (χ4v) is 4.49. The Morgan fingerprint density at radius 2 is 1.27 bits per heavy atom. The standard InChI is InChI=1S/C16H33NO.C13H19NO/c1-2-3-4-5-6-7-8-9-10-11-12-13-14-15-16(17)18;15-13-7-5-12(6-8-13)4-3-11-14-9-1-2-10-14/h2-15H2,1H3,(H2,17,18);5-8,15H,1-4,9-11H2. The lowest BCUT2D eigenvalue weighted by Gasteiger charge is -2.13. The normalized spacial score (nSPS) is 13.6. The molecule has 1 heterocycles. The van der Waals surface area contributed by atoms with Gasteiger partial charge in [-0.25, -0.2) is 0 Å². The maximum atomic E-state index is 10.5. The first-order chi connectivity index (χ1) is 16.1. The molecule has 4 heteroatoms. The number of primary amides is 1. The minimum atomic E-state index is -0.155. The van der Waals surface area contributed by atoms with Gasteiger partial charge in [-0.3, -0.25) is 4.79 Å². The van der Waals surface area contributed by atoms with E-state index in [1.54, 1.807) is 12.1 Å². The van der Waals surface area contributed by atoms with Crippen molar-refractivity contribution < 1.29 is 9.90 Å². The number of benzene rings is 1. The van der Waals surface area contributed by atoms with Gasteiger partial charge in [0.05, 0.1) is 0 Å². The van der Waals surface area contributed by atoms with Gasteiger partial charge >= 0.3 is 0 Å². The Balaban J connectivity index is 0.000000334. The van der Waals surface area contributed by atoms with Crippen LogP contribution in [-0.4, -0.2) is 35.5 Å². The van der Waals surface area contributed by atoms with Gasteiger partial charge in [-0.05, 0) is 69.4 Å². The smallest absolute Gasteiger partial charge is 0.217 e. The van der Waals surface area contributed by atoms with Crippen LogP contribution in [0.25, 0.3) is 0 Å². The number of nitrogens with zero attached hydrogens (tertiary/aromatic N) is 1. The lowest BCUT2D eigenvalue weighted by atomic mass is 10.0. The van der Waals surface area contributed by atoms with E-state index in [1.807, 2.05) is 12.1 Å². The number of rotatable bonds is 18. The number of carbonyl (C=O) groups excluding carboxylic acids is 1. The largest absolute Gasteiger partial charge is 0.508 e. The molecule has 1 saturated heterocycles. The number of aromatic hydroxyl groups is 1. The molecule has 190 valence electrons. The van der Waals surface area contributed by atoms with Crippen LogP contribution in [0.3, 0.4) is 0 Å². The summed E-state index contributed by atoms with van der Waals surface area (Å²) in [6, 6.07) is 7.56. The minimum absolute atomic E-state index is 0.155. The predicted octanol–water partition coefficient (Wildman–Crippen LogP) is 7.37. The van der Waals surface area contributed by atoms with Crippen molar-refractivity contribution in [1.29, 1.82) is 0 Å². The number of hydrogen-bond donors (Lipinski definition) is 2. The molecule has 2 rings (SSSR count).